The first-order valence-corrected chi connectivity index (χ1v) is 17.8. The monoisotopic (exact) mass is 681 g/mol. The predicted molar refractivity (Wildman–Crippen MR) is 185 cm³/mol. The zero-order valence-electron chi connectivity index (χ0n) is 29.4. The van der Waals surface area contributed by atoms with Gasteiger partial charge in [-0.05, 0) is 57.4 Å². The third kappa shape index (κ3) is 8.27. The van der Waals surface area contributed by atoms with Crippen molar-refractivity contribution in [1.29, 1.82) is 0 Å². The summed E-state index contributed by atoms with van der Waals surface area (Å²) in [5.41, 5.74) is -0.500. The Morgan fingerprint density at radius 2 is 1.94 bits per heavy atom. The van der Waals surface area contributed by atoms with Gasteiger partial charge in [-0.2, -0.15) is 0 Å². The Balaban J connectivity index is 1.68. The molecule has 0 radical (unpaired) electrons. The topological polar surface area (TPSA) is 135 Å². The summed E-state index contributed by atoms with van der Waals surface area (Å²) in [5.74, 6) is -3.13. The number of hydrogen-bond acceptors (Lipinski definition) is 8. The highest BCUT2D eigenvalue weighted by Gasteiger charge is 2.75. The quantitative estimate of drug-likeness (QED) is 0.113. The van der Waals surface area contributed by atoms with Crippen molar-refractivity contribution in [2.45, 2.75) is 108 Å². The zero-order valence-corrected chi connectivity index (χ0v) is 29.4. The van der Waals surface area contributed by atoms with Crippen molar-refractivity contribution in [2.24, 2.45) is 11.8 Å². The van der Waals surface area contributed by atoms with E-state index in [0.717, 1.165) is 12.8 Å². The summed E-state index contributed by atoms with van der Waals surface area (Å²) in [6.07, 6.45) is 7.12. The van der Waals surface area contributed by atoms with Crippen molar-refractivity contribution in [3.8, 4) is 0 Å². The number of hydrogen-bond donors (Lipinski definition) is 2. The number of allylic oxidation sites excluding steroid dienone is 1. The molecule has 1 unspecified atom stereocenters. The van der Waals surface area contributed by atoms with Gasteiger partial charge in [0, 0.05) is 39.3 Å². The number of benzene rings is 1. The van der Waals surface area contributed by atoms with Gasteiger partial charge in [-0.3, -0.25) is 19.2 Å². The van der Waals surface area contributed by atoms with Gasteiger partial charge >= 0.3 is 5.97 Å². The van der Waals surface area contributed by atoms with Crippen LogP contribution in [0.4, 0.5) is 0 Å². The average molecular weight is 682 g/mol. The summed E-state index contributed by atoms with van der Waals surface area (Å²) in [7, 11) is 1.51. The number of amides is 3. The number of unbranched alkanes of at least 4 members (excludes halogenated alkanes) is 2. The van der Waals surface area contributed by atoms with Crippen LogP contribution in [0.15, 0.2) is 55.6 Å². The Bertz CT molecular complexity index is 1310. The number of nitrogens with one attached hydrogen (secondary N) is 1. The number of carbonyl (C=O) groups excluding carboxylic acids is 4. The van der Waals surface area contributed by atoms with Crippen LogP contribution in [0.3, 0.4) is 0 Å². The second kappa shape index (κ2) is 17.9. The molecule has 8 atom stereocenters. The highest BCUT2D eigenvalue weighted by atomic mass is 16.6. The van der Waals surface area contributed by atoms with E-state index in [2.05, 4.69) is 25.4 Å². The van der Waals surface area contributed by atoms with E-state index in [-0.39, 0.29) is 43.4 Å². The molecule has 3 saturated heterocycles. The molecule has 2 bridgehead atoms. The first-order chi connectivity index (χ1) is 23.7. The number of nitrogens with zero attached hydrogens (tertiary/aromatic N) is 2. The van der Waals surface area contributed by atoms with Crippen LogP contribution in [-0.4, -0.2) is 102 Å². The third-order valence-electron chi connectivity index (χ3n) is 10.2. The van der Waals surface area contributed by atoms with Crippen molar-refractivity contribution in [1.82, 2.24) is 15.1 Å². The van der Waals surface area contributed by atoms with Gasteiger partial charge in [0.05, 0.1) is 30.6 Å². The minimum atomic E-state index is -1.17. The molecule has 11 nitrogen and oxygen atoms in total. The number of aliphatic hydroxyl groups is 1. The zero-order chi connectivity index (χ0) is 35.6. The summed E-state index contributed by atoms with van der Waals surface area (Å²) >= 11 is 0. The summed E-state index contributed by atoms with van der Waals surface area (Å²) in [4.78, 5) is 59.7. The van der Waals surface area contributed by atoms with E-state index in [1.165, 1.54) is 7.11 Å². The van der Waals surface area contributed by atoms with Crippen molar-refractivity contribution in [2.75, 3.05) is 33.4 Å². The molecule has 1 aromatic carbocycles. The van der Waals surface area contributed by atoms with Crippen LogP contribution in [0.2, 0.25) is 0 Å². The van der Waals surface area contributed by atoms with Gasteiger partial charge in [0.1, 0.15) is 17.7 Å². The Hall–Kier alpha value is -3.54. The van der Waals surface area contributed by atoms with E-state index in [0.29, 0.717) is 57.2 Å². The van der Waals surface area contributed by atoms with E-state index in [4.69, 9.17) is 14.2 Å². The molecule has 270 valence electrons. The lowest BCUT2D eigenvalue weighted by atomic mass is 9.70. The molecule has 3 aliphatic rings. The first kappa shape index (κ1) is 38.3. The molecule has 0 saturated carbocycles. The van der Waals surface area contributed by atoms with Crippen molar-refractivity contribution >= 4 is 23.7 Å². The molecule has 1 spiro atoms. The van der Waals surface area contributed by atoms with Crippen LogP contribution < -0.4 is 5.32 Å². The maximum atomic E-state index is 14.6. The van der Waals surface area contributed by atoms with E-state index in [1.54, 1.807) is 22.0 Å². The van der Waals surface area contributed by atoms with Crippen molar-refractivity contribution in [3.63, 3.8) is 0 Å². The number of methoxy groups -OCH3 is 1. The van der Waals surface area contributed by atoms with E-state index >= 15 is 0 Å². The molecular weight excluding hydrogens is 626 g/mol. The molecule has 1 aromatic rings. The molecule has 3 heterocycles. The van der Waals surface area contributed by atoms with Gasteiger partial charge in [0.15, 0.2) is 0 Å². The standard InChI is InChI=1S/C38H55N3O8/c1-6-9-19-30(43)39-28(25-47-5)33(27-17-12-10-13-18-27)48-37(46)31-29-20-21-38(49-29)32(31)35(44)41(23-14-11-15-24-42)34(38)36(45)40(22-8-3)26(4)16-7-2/h6,8,10,12-13,17-18,26,28-29,31-34,42H,1,3,7,9,11,14-16,19-25H2,2,4-5H3,(H,39,43)/t26?,28-,29+,31-,32-,33-,34+,38-/m1/s1. The van der Waals surface area contributed by atoms with Gasteiger partial charge in [-0.25, -0.2) is 0 Å². The second-order valence-electron chi connectivity index (χ2n) is 13.5. The summed E-state index contributed by atoms with van der Waals surface area (Å²) in [6, 6.07) is 7.48. The van der Waals surface area contributed by atoms with Crippen molar-refractivity contribution < 1.29 is 38.5 Å². The van der Waals surface area contributed by atoms with Gasteiger partial charge in [-0.1, -0.05) is 55.8 Å². The molecule has 3 amide bonds. The molecule has 3 aliphatic heterocycles. The SMILES string of the molecule is C=CCCC(=O)N[C@H](COC)[C@H](OC(=O)[C@@H]1[C@@H]2CC[C@]3(O2)[C@H](C(=O)N(CC=C)C(C)CCC)N(CCCCCO)C(=O)[C@@H]13)c1ccccc1. The number of carbonyl (C=O) groups is 4. The second-order valence-corrected chi connectivity index (χ2v) is 13.5. The fourth-order valence-corrected chi connectivity index (χ4v) is 7.99. The maximum absolute atomic E-state index is 14.6. The van der Waals surface area contributed by atoms with E-state index < -0.39 is 47.7 Å². The van der Waals surface area contributed by atoms with E-state index in [1.807, 2.05) is 37.3 Å². The molecule has 0 aliphatic carbocycles. The number of esters is 1. The Kier molecular flexibility index (Phi) is 14.0. The van der Waals surface area contributed by atoms with E-state index in [9.17, 15) is 24.3 Å². The first-order valence-electron chi connectivity index (χ1n) is 17.8. The number of fused-ring (bicyclic) bond motifs is 1. The minimum Gasteiger partial charge on any atom is -0.455 e. The average Bonchev–Trinajstić information content (AvgIpc) is 3.74. The fraction of sp³-hybridized carbons (Fsp3) is 0.632. The molecule has 11 heteroatoms. The highest BCUT2D eigenvalue weighted by molar-refractivity contribution is 5.98. The number of ether oxygens (including phenoxy) is 3. The predicted octanol–water partition coefficient (Wildman–Crippen LogP) is 4.11. The Morgan fingerprint density at radius 3 is 2.59 bits per heavy atom. The smallest absolute Gasteiger partial charge is 0.313 e. The highest BCUT2D eigenvalue weighted by Crippen LogP contribution is 2.59. The molecule has 2 N–H and O–H groups in total. The normalized spacial score (nSPS) is 25.7. The largest absolute Gasteiger partial charge is 0.455 e. The van der Waals surface area contributed by atoms with Crippen LogP contribution in [0, 0.1) is 11.8 Å². The van der Waals surface area contributed by atoms with Crippen LogP contribution in [0.5, 0.6) is 0 Å². The number of likely N-dealkylation sites (tertiary alicyclic amines) is 1. The lowest BCUT2D eigenvalue weighted by Gasteiger charge is -2.39. The van der Waals surface area contributed by atoms with Gasteiger partial charge in [0.25, 0.3) is 0 Å². The lowest BCUT2D eigenvalue weighted by molar-refractivity contribution is -0.163. The van der Waals surface area contributed by atoms with Gasteiger partial charge in [0.2, 0.25) is 17.7 Å². The van der Waals surface area contributed by atoms with Crippen molar-refractivity contribution in [3.05, 3.63) is 61.2 Å². The number of rotatable bonds is 21. The van der Waals surface area contributed by atoms with Crippen LogP contribution in [0.1, 0.15) is 83.3 Å². The van der Waals surface area contributed by atoms with Gasteiger partial charge in [-0.15, -0.1) is 13.2 Å². The lowest BCUT2D eigenvalue weighted by Crippen LogP contribution is -2.57. The molecule has 49 heavy (non-hydrogen) atoms. The summed E-state index contributed by atoms with van der Waals surface area (Å²) in [5, 5.41) is 12.3. The summed E-state index contributed by atoms with van der Waals surface area (Å²) in [6.45, 7) is 12.4. The molecule has 3 fully saturated rings. The molecular formula is C38H55N3O8. The Morgan fingerprint density at radius 1 is 1.18 bits per heavy atom. The Labute approximate surface area is 291 Å². The molecule has 4 rings (SSSR count). The van der Waals surface area contributed by atoms with Gasteiger partial charge < -0.3 is 34.4 Å². The van der Waals surface area contributed by atoms with Crippen LogP contribution >= 0.6 is 0 Å². The summed E-state index contributed by atoms with van der Waals surface area (Å²) < 4.78 is 18.4. The van der Waals surface area contributed by atoms with Crippen LogP contribution in [0.25, 0.3) is 0 Å². The van der Waals surface area contributed by atoms with Crippen LogP contribution in [-0.2, 0) is 33.4 Å². The fourth-order valence-electron chi connectivity index (χ4n) is 7.99. The molecule has 0 aromatic heterocycles. The minimum absolute atomic E-state index is 0.0462. The maximum Gasteiger partial charge on any atom is 0.313 e. The number of aliphatic hydroxyl groups excluding tert-OH is 1. The third-order valence-corrected chi connectivity index (χ3v) is 10.2.